The highest BCUT2D eigenvalue weighted by Crippen LogP contribution is 2.26. The fourth-order valence-corrected chi connectivity index (χ4v) is 8.80. The summed E-state index contributed by atoms with van der Waals surface area (Å²) in [6, 6.07) is 0. The lowest BCUT2D eigenvalue weighted by atomic mass is 9.98. The first-order chi connectivity index (χ1) is 34.6. The zero-order chi connectivity index (χ0) is 51.8. The maximum Gasteiger partial charge on any atom is 0.335 e. The normalized spacial score (nSPS) is 18.7. The van der Waals surface area contributed by atoms with Gasteiger partial charge in [-0.15, -0.1) is 0 Å². The van der Waals surface area contributed by atoms with E-state index in [0.29, 0.717) is 19.3 Å². The van der Waals surface area contributed by atoms with Crippen molar-refractivity contribution in [2.45, 2.75) is 302 Å². The van der Waals surface area contributed by atoms with Crippen molar-refractivity contribution in [2.24, 2.45) is 0 Å². The van der Waals surface area contributed by atoms with Crippen LogP contribution in [-0.4, -0.2) is 89.2 Å². The summed E-state index contributed by atoms with van der Waals surface area (Å²) in [6.07, 6.45) is 42.6. The summed E-state index contributed by atoms with van der Waals surface area (Å²) >= 11 is 0. The SMILES string of the molecule is CC/C=C\C/C=C\C/C=C\CCCCCC(=O)OCC(COC1OC(C(=O)O)C(O)C(O)C1OC(=O)CCCCCCCCCCCCCCCCC)OC(=O)CCCCCCCCCCCCCCC. The number of carboxylic acid groups (broad SMARTS) is 1. The van der Waals surface area contributed by atoms with E-state index in [0.717, 1.165) is 83.5 Å². The number of carbonyl (C=O) groups is 4. The van der Waals surface area contributed by atoms with Gasteiger partial charge in [-0.2, -0.15) is 0 Å². The number of carbonyl (C=O) groups excluding carboxylic acids is 3. The van der Waals surface area contributed by atoms with Gasteiger partial charge in [0.15, 0.2) is 24.6 Å². The number of rotatable bonds is 49. The third-order valence-corrected chi connectivity index (χ3v) is 13.2. The molecule has 6 atom stereocenters. The predicted molar refractivity (Wildman–Crippen MR) is 285 cm³/mol. The maximum absolute atomic E-state index is 13.1. The van der Waals surface area contributed by atoms with Crippen LogP contribution in [-0.2, 0) is 42.9 Å². The van der Waals surface area contributed by atoms with Crippen molar-refractivity contribution >= 4 is 23.9 Å². The number of carboxylic acids is 1. The summed E-state index contributed by atoms with van der Waals surface area (Å²) in [5.41, 5.74) is 0. The molecule has 0 aromatic rings. The van der Waals surface area contributed by atoms with Gasteiger partial charge < -0.3 is 39.0 Å². The Bertz CT molecular complexity index is 1380. The number of unbranched alkanes of at least 4 members (excludes halogenated alkanes) is 29. The molecule has 0 spiro atoms. The van der Waals surface area contributed by atoms with Crippen LogP contribution in [0.1, 0.15) is 265 Å². The Balaban J connectivity index is 2.70. The standard InChI is InChI=1S/C59H104O12/c1-4-7-10-13-16-19-22-25-26-29-32-35-38-41-44-47-53(62)70-57-55(64)54(63)56(58(65)66)71-59(57)68-49-50(69-52(61)46-43-40-37-34-31-28-24-21-18-15-12-9-6-3)48-67-51(60)45-42-39-36-33-30-27-23-20-17-14-11-8-5-2/h8,11,17,20,27,30,50,54-57,59,63-64H,4-7,9-10,12-16,18-19,21-26,28-29,31-49H2,1-3H3,(H,65,66)/b11-8-,20-17-,30-27-. The molecule has 0 aromatic heterocycles. The van der Waals surface area contributed by atoms with Gasteiger partial charge in [-0.1, -0.05) is 231 Å². The van der Waals surface area contributed by atoms with E-state index >= 15 is 0 Å². The molecule has 1 aliphatic heterocycles. The van der Waals surface area contributed by atoms with Gasteiger partial charge in [-0.05, 0) is 51.4 Å². The van der Waals surface area contributed by atoms with Crippen molar-refractivity contribution in [3.05, 3.63) is 36.5 Å². The van der Waals surface area contributed by atoms with Crippen LogP contribution in [0.4, 0.5) is 0 Å². The van der Waals surface area contributed by atoms with Gasteiger partial charge in [0, 0.05) is 19.3 Å². The fraction of sp³-hybridized carbons (Fsp3) is 0.831. The van der Waals surface area contributed by atoms with E-state index < -0.39 is 67.3 Å². The molecule has 0 radical (unpaired) electrons. The van der Waals surface area contributed by atoms with Crippen LogP contribution in [0.3, 0.4) is 0 Å². The van der Waals surface area contributed by atoms with Crippen molar-refractivity contribution in [2.75, 3.05) is 13.2 Å². The first-order valence-electron chi connectivity index (χ1n) is 29.0. The Morgan fingerprint density at radius 3 is 1.35 bits per heavy atom. The monoisotopic (exact) mass is 1000 g/mol. The van der Waals surface area contributed by atoms with Gasteiger partial charge in [0.05, 0.1) is 6.61 Å². The van der Waals surface area contributed by atoms with Crippen molar-refractivity contribution < 1.29 is 58.2 Å². The van der Waals surface area contributed by atoms with E-state index in [1.54, 1.807) is 0 Å². The Morgan fingerprint density at radius 2 is 0.887 bits per heavy atom. The van der Waals surface area contributed by atoms with Crippen LogP contribution < -0.4 is 0 Å². The van der Waals surface area contributed by atoms with Gasteiger partial charge in [0.1, 0.15) is 18.8 Å². The molecule has 12 heteroatoms. The molecule has 3 N–H and O–H groups in total. The summed E-state index contributed by atoms with van der Waals surface area (Å²) in [7, 11) is 0. The van der Waals surface area contributed by atoms with Crippen LogP contribution in [0.15, 0.2) is 36.5 Å². The summed E-state index contributed by atoms with van der Waals surface area (Å²) in [5.74, 6) is -3.13. The lowest BCUT2D eigenvalue weighted by Gasteiger charge is -2.40. The van der Waals surface area contributed by atoms with Crippen molar-refractivity contribution in [1.29, 1.82) is 0 Å². The minimum Gasteiger partial charge on any atom is -0.479 e. The summed E-state index contributed by atoms with van der Waals surface area (Å²) < 4.78 is 28.4. The molecular formula is C59H104O12. The molecule has 12 nitrogen and oxygen atoms in total. The minimum absolute atomic E-state index is 0.0633. The van der Waals surface area contributed by atoms with Gasteiger partial charge in [0.25, 0.3) is 0 Å². The van der Waals surface area contributed by atoms with Crippen LogP contribution >= 0.6 is 0 Å². The van der Waals surface area contributed by atoms with E-state index in [-0.39, 0.29) is 25.9 Å². The van der Waals surface area contributed by atoms with Gasteiger partial charge in [-0.25, -0.2) is 4.79 Å². The average Bonchev–Trinajstić information content (AvgIpc) is 3.35. The quantitative estimate of drug-likeness (QED) is 0.0228. The number of aliphatic hydroxyl groups excluding tert-OH is 2. The molecule has 1 rings (SSSR count). The molecule has 71 heavy (non-hydrogen) atoms. The second kappa shape index (κ2) is 47.9. The van der Waals surface area contributed by atoms with Crippen LogP contribution in [0, 0.1) is 0 Å². The van der Waals surface area contributed by atoms with Gasteiger partial charge >= 0.3 is 23.9 Å². The number of ether oxygens (including phenoxy) is 5. The molecule has 0 saturated carbocycles. The maximum atomic E-state index is 13.1. The van der Waals surface area contributed by atoms with Crippen molar-refractivity contribution in [3.63, 3.8) is 0 Å². The Morgan fingerprint density at radius 1 is 0.479 bits per heavy atom. The topological polar surface area (TPSA) is 175 Å². The first kappa shape index (κ1) is 66.0. The molecule has 1 fully saturated rings. The molecule has 0 bridgehead atoms. The largest absolute Gasteiger partial charge is 0.479 e. The van der Waals surface area contributed by atoms with E-state index in [1.807, 2.05) is 0 Å². The number of hydrogen-bond donors (Lipinski definition) is 3. The highest BCUT2D eigenvalue weighted by molar-refractivity contribution is 5.74. The molecular weight excluding hydrogens is 901 g/mol. The molecule has 1 saturated heterocycles. The van der Waals surface area contributed by atoms with Crippen LogP contribution in [0.2, 0.25) is 0 Å². The minimum atomic E-state index is -1.90. The van der Waals surface area contributed by atoms with E-state index in [9.17, 15) is 34.5 Å². The van der Waals surface area contributed by atoms with Crippen molar-refractivity contribution in [1.82, 2.24) is 0 Å². The molecule has 0 aliphatic carbocycles. The zero-order valence-corrected chi connectivity index (χ0v) is 45.2. The fourth-order valence-electron chi connectivity index (χ4n) is 8.80. The molecule has 1 heterocycles. The number of aliphatic hydroxyl groups is 2. The molecule has 0 amide bonds. The zero-order valence-electron chi connectivity index (χ0n) is 45.2. The summed E-state index contributed by atoms with van der Waals surface area (Å²) in [5, 5.41) is 31.4. The van der Waals surface area contributed by atoms with Gasteiger partial charge in [-0.3, -0.25) is 14.4 Å². The second-order valence-electron chi connectivity index (χ2n) is 19.9. The van der Waals surface area contributed by atoms with E-state index in [4.69, 9.17) is 23.7 Å². The number of esters is 3. The Hall–Kier alpha value is -3.06. The highest BCUT2D eigenvalue weighted by Gasteiger charge is 2.50. The highest BCUT2D eigenvalue weighted by atomic mass is 16.7. The lowest BCUT2D eigenvalue weighted by Crippen LogP contribution is -2.61. The summed E-state index contributed by atoms with van der Waals surface area (Å²) in [4.78, 5) is 51.0. The number of hydrogen-bond acceptors (Lipinski definition) is 11. The average molecular weight is 1010 g/mol. The van der Waals surface area contributed by atoms with Crippen molar-refractivity contribution in [3.8, 4) is 0 Å². The third-order valence-electron chi connectivity index (χ3n) is 13.2. The lowest BCUT2D eigenvalue weighted by molar-refractivity contribution is -0.301. The van der Waals surface area contributed by atoms with E-state index in [2.05, 4.69) is 57.2 Å². The smallest absolute Gasteiger partial charge is 0.335 e. The van der Waals surface area contributed by atoms with E-state index in [1.165, 1.54) is 122 Å². The Labute approximate surface area is 431 Å². The molecule has 6 unspecified atom stereocenters. The number of allylic oxidation sites excluding steroid dienone is 6. The second-order valence-corrected chi connectivity index (χ2v) is 19.9. The van der Waals surface area contributed by atoms with Crippen LogP contribution in [0.25, 0.3) is 0 Å². The first-order valence-corrected chi connectivity index (χ1v) is 29.0. The molecule has 412 valence electrons. The number of aliphatic carboxylic acids is 1. The predicted octanol–water partition coefficient (Wildman–Crippen LogP) is 14.5. The Kier molecular flexibility index (Phi) is 44.5. The molecule has 0 aromatic carbocycles. The molecule has 1 aliphatic rings. The summed E-state index contributed by atoms with van der Waals surface area (Å²) in [6.45, 7) is 5.86. The van der Waals surface area contributed by atoms with Gasteiger partial charge in [0.2, 0.25) is 0 Å². The van der Waals surface area contributed by atoms with Crippen LogP contribution in [0.5, 0.6) is 0 Å². The third kappa shape index (κ3) is 38.2.